The number of pyridine rings is 1. The molecule has 0 saturated heterocycles. The lowest BCUT2D eigenvalue weighted by Crippen LogP contribution is -2.38. The van der Waals surface area contributed by atoms with E-state index < -0.39 is 5.97 Å². The van der Waals surface area contributed by atoms with E-state index >= 15 is 4.39 Å². The lowest BCUT2D eigenvalue weighted by atomic mass is 9.87. The number of halogens is 1. The van der Waals surface area contributed by atoms with Crippen LogP contribution in [0.1, 0.15) is 36.8 Å². The van der Waals surface area contributed by atoms with Crippen LogP contribution in [0.5, 0.6) is 0 Å². The summed E-state index contributed by atoms with van der Waals surface area (Å²) < 4.78 is 22.2. The standard InChI is InChI=1S/C32H31FN4O3/c1-36-19-35-29-15-23(8-9-30(29)36)22-6-7-25(28(33)14-22)18-37(32(39)27-13-20-3-5-24(27)11-20)26-12-21(16-34-17-26)4-10-31(38)40-2/h4,6-10,12,14-17,19-20,24,27H,3,5,11,13,18H2,1-2H3/b10-4+/t20-,24+,27-/m1/s1. The molecule has 0 N–H and O–H groups in total. The number of amides is 1. The summed E-state index contributed by atoms with van der Waals surface area (Å²) in [6.07, 6.45) is 12.1. The van der Waals surface area contributed by atoms with Crippen LogP contribution in [-0.4, -0.2) is 33.5 Å². The van der Waals surface area contributed by atoms with E-state index in [2.05, 4.69) is 14.7 Å². The van der Waals surface area contributed by atoms with E-state index in [1.54, 1.807) is 41.8 Å². The van der Waals surface area contributed by atoms with Crippen LogP contribution in [0.3, 0.4) is 0 Å². The smallest absolute Gasteiger partial charge is 0.330 e. The first-order valence-electron chi connectivity index (χ1n) is 13.6. The molecule has 0 radical (unpaired) electrons. The van der Waals surface area contributed by atoms with Crippen LogP contribution in [-0.2, 0) is 27.9 Å². The van der Waals surface area contributed by atoms with Crippen molar-refractivity contribution in [2.24, 2.45) is 24.8 Å². The van der Waals surface area contributed by atoms with Gasteiger partial charge in [-0.2, -0.15) is 0 Å². The van der Waals surface area contributed by atoms with Gasteiger partial charge in [-0.05, 0) is 78.1 Å². The number of ether oxygens (including phenoxy) is 1. The first-order valence-corrected chi connectivity index (χ1v) is 13.6. The third-order valence-electron chi connectivity index (χ3n) is 8.43. The van der Waals surface area contributed by atoms with E-state index in [0.29, 0.717) is 28.7 Å². The highest BCUT2D eigenvalue weighted by molar-refractivity contribution is 5.96. The van der Waals surface area contributed by atoms with Gasteiger partial charge in [0.25, 0.3) is 0 Å². The lowest BCUT2D eigenvalue weighted by Gasteiger charge is -2.30. The number of carbonyl (C=O) groups excluding carboxylic acids is 2. The second-order valence-electron chi connectivity index (χ2n) is 10.9. The molecular formula is C32H31FN4O3. The molecule has 4 aromatic rings. The predicted molar refractivity (Wildman–Crippen MR) is 152 cm³/mol. The van der Waals surface area contributed by atoms with Crippen LogP contribution in [0.2, 0.25) is 0 Å². The molecule has 2 saturated carbocycles. The zero-order valence-corrected chi connectivity index (χ0v) is 22.6. The van der Waals surface area contributed by atoms with E-state index in [4.69, 9.17) is 0 Å². The molecule has 0 unspecified atom stereocenters. The Morgan fingerprint density at radius 2 is 1.93 bits per heavy atom. The van der Waals surface area contributed by atoms with Crippen LogP contribution < -0.4 is 4.90 Å². The van der Waals surface area contributed by atoms with Gasteiger partial charge < -0.3 is 14.2 Å². The predicted octanol–water partition coefficient (Wildman–Crippen LogP) is 5.93. The number of hydrogen-bond acceptors (Lipinski definition) is 5. The molecule has 204 valence electrons. The van der Waals surface area contributed by atoms with Crippen molar-refractivity contribution in [2.75, 3.05) is 12.0 Å². The van der Waals surface area contributed by atoms with Gasteiger partial charge in [0, 0.05) is 30.8 Å². The summed E-state index contributed by atoms with van der Waals surface area (Å²) in [5, 5.41) is 0. The van der Waals surface area contributed by atoms with Gasteiger partial charge in [-0.15, -0.1) is 0 Å². The van der Waals surface area contributed by atoms with Gasteiger partial charge in [-0.25, -0.2) is 14.2 Å². The summed E-state index contributed by atoms with van der Waals surface area (Å²) in [5.74, 6) is 0.0566. The van der Waals surface area contributed by atoms with E-state index in [-0.39, 0.29) is 24.2 Å². The SMILES string of the molecule is COC(=O)/C=C/c1cncc(N(Cc2ccc(-c3ccc4c(c3)ncn4C)cc2F)C(=O)[C@@H]2C[C@@H]3CC[C@H]2C3)c1. The number of rotatable bonds is 7. The first-order chi connectivity index (χ1) is 19.4. The summed E-state index contributed by atoms with van der Waals surface area (Å²) in [7, 11) is 3.25. The number of esters is 1. The van der Waals surface area contributed by atoms with Gasteiger partial charge >= 0.3 is 5.97 Å². The topological polar surface area (TPSA) is 77.3 Å². The highest BCUT2D eigenvalue weighted by Gasteiger charge is 2.44. The number of hydrogen-bond donors (Lipinski definition) is 0. The molecule has 2 bridgehead atoms. The number of methoxy groups -OCH3 is 1. The van der Waals surface area contributed by atoms with E-state index in [0.717, 1.165) is 41.4 Å². The fourth-order valence-electron chi connectivity index (χ4n) is 6.30. The Kier molecular flexibility index (Phi) is 6.92. The highest BCUT2D eigenvalue weighted by atomic mass is 19.1. The summed E-state index contributed by atoms with van der Waals surface area (Å²) in [5.41, 5.74) is 5.12. The number of aromatic nitrogens is 3. The van der Waals surface area contributed by atoms with Crippen LogP contribution >= 0.6 is 0 Å². The molecule has 7 nitrogen and oxygen atoms in total. The average molecular weight is 539 g/mol. The van der Waals surface area contributed by atoms with Crippen molar-refractivity contribution in [3.8, 4) is 11.1 Å². The zero-order valence-electron chi connectivity index (χ0n) is 22.6. The van der Waals surface area contributed by atoms with E-state index in [9.17, 15) is 9.59 Å². The van der Waals surface area contributed by atoms with E-state index in [1.165, 1.54) is 25.7 Å². The molecule has 1 amide bonds. The monoisotopic (exact) mass is 538 g/mol. The third kappa shape index (κ3) is 5.01. The van der Waals surface area contributed by atoms with Crippen molar-refractivity contribution in [3.05, 3.63) is 84.2 Å². The van der Waals surface area contributed by atoms with Crippen LogP contribution in [0.25, 0.3) is 28.2 Å². The number of nitrogens with zero attached hydrogens (tertiary/aromatic N) is 4. The van der Waals surface area contributed by atoms with Gasteiger partial charge in [0.2, 0.25) is 5.91 Å². The summed E-state index contributed by atoms with van der Waals surface area (Å²) in [4.78, 5) is 35.9. The van der Waals surface area contributed by atoms with Gasteiger partial charge in [0.05, 0.1) is 42.9 Å². The fraction of sp³-hybridized carbons (Fsp3) is 0.312. The minimum atomic E-state index is -0.482. The van der Waals surface area contributed by atoms with Gasteiger partial charge in [0.1, 0.15) is 5.82 Å². The molecule has 8 heteroatoms. The number of fused-ring (bicyclic) bond motifs is 3. The number of imidazole rings is 1. The molecule has 2 aromatic carbocycles. The maximum atomic E-state index is 15.6. The third-order valence-corrected chi connectivity index (χ3v) is 8.43. The minimum Gasteiger partial charge on any atom is -0.466 e. The second kappa shape index (κ2) is 10.7. The number of anilines is 1. The average Bonchev–Trinajstić information content (AvgIpc) is 3.71. The van der Waals surface area contributed by atoms with Crippen molar-refractivity contribution < 1.29 is 18.7 Å². The Labute approximate surface area is 232 Å². The zero-order chi connectivity index (χ0) is 27.8. The quantitative estimate of drug-likeness (QED) is 0.215. The Bertz CT molecular complexity index is 1630. The normalized spacial score (nSPS) is 19.9. The van der Waals surface area contributed by atoms with Crippen LogP contribution in [0, 0.1) is 23.6 Å². The Balaban J connectivity index is 1.31. The number of carbonyl (C=O) groups is 2. The van der Waals surface area contributed by atoms with Crippen molar-refractivity contribution >= 4 is 34.7 Å². The molecule has 2 heterocycles. The van der Waals surface area contributed by atoms with Gasteiger partial charge in [-0.1, -0.05) is 24.6 Å². The Hall–Kier alpha value is -4.33. The van der Waals surface area contributed by atoms with Crippen molar-refractivity contribution in [1.82, 2.24) is 14.5 Å². The van der Waals surface area contributed by atoms with Gasteiger partial charge in [-0.3, -0.25) is 9.78 Å². The number of aryl methyl sites for hydroxylation is 1. The number of benzene rings is 2. The molecule has 2 aliphatic rings. The molecule has 6 rings (SSSR count). The Morgan fingerprint density at radius 1 is 1.10 bits per heavy atom. The van der Waals surface area contributed by atoms with Crippen molar-refractivity contribution in [1.29, 1.82) is 0 Å². The first kappa shape index (κ1) is 25.9. The fourth-order valence-corrected chi connectivity index (χ4v) is 6.30. The van der Waals surface area contributed by atoms with E-state index in [1.807, 2.05) is 35.9 Å². The molecule has 2 aliphatic carbocycles. The highest BCUT2D eigenvalue weighted by Crippen LogP contribution is 2.49. The summed E-state index contributed by atoms with van der Waals surface area (Å²) >= 11 is 0. The summed E-state index contributed by atoms with van der Waals surface area (Å²) in [6, 6.07) is 12.8. The molecule has 0 aliphatic heterocycles. The molecular weight excluding hydrogens is 507 g/mol. The van der Waals surface area contributed by atoms with Crippen LogP contribution in [0.15, 0.2) is 67.3 Å². The van der Waals surface area contributed by atoms with Gasteiger partial charge in [0.15, 0.2) is 0 Å². The molecule has 3 atom stereocenters. The van der Waals surface area contributed by atoms with Crippen LogP contribution in [0.4, 0.5) is 10.1 Å². The maximum Gasteiger partial charge on any atom is 0.330 e. The molecule has 2 aromatic heterocycles. The largest absolute Gasteiger partial charge is 0.466 e. The molecule has 2 fully saturated rings. The Morgan fingerprint density at radius 3 is 2.67 bits per heavy atom. The van der Waals surface area contributed by atoms with Crippen molar-refractivity contribution in [2.45, 2.75) is 32.2 Å². The molecule has 0 spiro atoms. The maximum absolute atomic E-state index is 15.6. The molecule has 40 heavy (non-hydrogen) atoms. The second-order valence-corrected chi connectivity index (χ2v) is 10.9. The van der Waals surface area contributed by atoms with Crippen molar-refractivity contribution in [3.63, 3.8) is 0 Å². The lowest BCUT2D eigenvalue weighted by molar-refractivity contribution is -0.134. The summed E-state index contributed by atoms with van der Waals surface area (Å²) in [6.45, 7) is 0.0873. The minimum absolute atomic E-state index is 0.00665.